The number of halogens is 1. The van der Waals surface area contributed by atoms with Crippen LogP contribution in [-0.2, 0) is 11.8 Å². The number of likely N-dealkylation sites (tertiary alicyclic amines) is 1. The SMILES string of the molecule is C=CC(=O)N1CCC(n2cc(-c3c(-c4ccc(Oc5ccccc5)cc4Cl)c4c(N)ncnc4n3C)cn2)CC1. The van der Waals surface area contributed by atoms with E-state index in [1.54, 1.807) is 6.07 Å². The molecular weight excluding hydrogens is 526 g/mol. The average molecular weight is 554 g/mol. The highest BCUT2D eigenvalue weighted by Crippen LogP contribution is 2.45. The number of para-hydroxylation sites is 1. The number of aryl methyl sites for hydroxylation is 1. The number of carbonyl (C=O) groups excluding carboxylic acids is 1. The Bertz CT molecular complexity index is 1720. The van der Waals surface area contributed by atoms with E-state index in [-0.39, 0.29) is 11.9 Å². The summed E-state index contributed by atoms with van der Waals surface area (Å²) in [5, 5.41) is 5.95. The average Bonchev–Trinajstić information content (AvgIpc) is 3.57. The Kier molecular flexibility index (Phi) is 6.73. The van der Waals surface area contributed by atoms with Gasteiger partial charge in [-0.25, -0.2) is 9.97 Å². The van der Waals surface area contributed by atoms with Gasteiger partial charge in [0.15, 0.2) is 0 Å². The molecule has 0 bridgehead atoms. The van der Waals surface area contributed by atoms with E-state index in [9.17, 15) is 4.79 Å². The van der Waals surface area contributed by atoms with Crippen LogP contribution in [0.1, 0.15) is 18.9 Å². The Labute approximate surface area is 236 Å². The summed E-state index contributed by atoms with van der Waals surface area (Å²) in [5.74, 6) is 1.69. The Morgan fingerprint density at radius 2 is 1.90 bits per heavy atom. The molecule has 0 saturated carbocycles. The molecule has 1 aliphatic heterocycles. The molecule has 0 unspecified atom stereocenters. The third kappa shape index (κ3) is 4.58. The summed E-state index contributed by atoms with van der Waals surface area (Å²) >= 11 is 6.90. The molecule has 0 spiro atoms. The largest absolute Gasteiger partial charge is 0.457 e. The second kappa shape index (κ2) is 10.5. The molecule has 10 heteroatoms. The zero-order valence-corrected chi connectivity index (χ0v) is 22.8. The van der Waals surface area contributed by atoms with E-state index < -0.39 is 0 Å². The van der Waals surface area contributed by atoms with E-state index in [1.807, 2.05) is 76.1 Å². The van der Waals surface area contributed by atoms with Crippen LogP contribution in [0.4, 0.5) is 5.82 Å². The minimum absolute atomic E-state index is 0.0319. The second-order valence-corrected chi connectivity index (χ2v) is 10.2. The number of fused-ring (bicyclic) bond motifs is 1. The molecule has 1 saturated heterocycles. The third-order valence-electron chi connectivity index (χ3n) is 7.39. The summed E-state index contributed by atoms with van der Waals surface area (Å²) in [6.45, 7) is 4.94. The van der Waals surface area contributed by atoms with Gasteiger partial charge in [0, 0.05) is 49.1 Å². The van der Waals surface area contributed by atoms with E-state index >= 15 is 0 Å². The number of aromatic nitrogens is 5. The van der Waals surface area contributed by atoms with E-state index in [4.69, 9.17) is 27.2 Å². The first-order chi connectivity index (χ1) is 19.4. The Hall–Kier alpha value is -4.63. The van der Waals surface area contributed by atoms with Gasteiger partial charge < -0.3 is 19.9 Å². The zero-order chi connectivity index (χ0) is 27.8. The van der Waals surface area contributed by atoms with E-state index in [2.05, 4.69) is 16.5 Å². The highest BCUT2D eigenvalue weighted by Gasteiger charge is 2.27. The number of carbonyl (C=O) groups is 1. The van der Waals surface area contributed by atoms with Crippen molar-refractivity contribution in [2.45, 2.75) is 18.9 Å². The van der Waals surface area contributed by atoms with Crippen molar-refractivity contribution in [3.05, 3.63) is 84.9 Å². The predicted octanol–water partition coefficient (Wildman–Crippen LogP) is 5.88. The fourth-order valence-electron chi connectivity index (χ4n) is 5.40. The number of rotatable bonds is 6. The van der Waals surface area contributed by atoms with Gasteiger partial charge in [-0.2, -0.15) is 5.10 Å². The first kappa shape index (κ1) is 25.6. The number of hydrogen-bond acceptors (Lipinski definition) is 6. The molecule has 202 valence electrons. The lowest BCUT2D eigenvalue weighted by atomic mass is 10.00. The minimum atomic E-state index is -0.0319. The standard InChI is InChI=1S/C30H28ClN7O2/c1-3-25(39)37-13-11-20(12-14-37)38-17-19(16-35-38)28-26(27-29(32)33-18-34-30(27)36(28)2)23-10-9-22(15-24(23)31)40-21-7-5-4-6-8-21/h3-10,15-18,20H,1,11-14H2,2H3,(H2,32,33,34). The highest BCUT2D eigenvalue weighted by molar-refractivity contribution is 6.34. The molecule has 4 heterocycles. The summed E-state index contributed by atoms with van der Waals surface area (Å²) in [6, 6.07) is 15.4. The number of nitrogen functional groups attached to an aromatic ring is 1. The summed E-state index contributed by atoms with van der Waals surface area (Å²) in [4.78, 5) is 22.6. The second-order valence-electron chi connectivity index (χ2n) is 9.77. The van der Waals surface area contributed by atoms with Crippen LogP contribution in [0.3, 0.4) is 0 Å². The van der Waals surface area contributed by atoms with Crippen molar-refractivity contribution in [1.82, 2.24) is 29.2 Å². The maximum Gasteiger partial charge on any atom is 0.245 e. The lowest BCUT2D eigenvalue weighted by Gasteiger charge is -2.31. The molecule has 1 fully saturated rings. The van der Waals surface area contributed by atoms with Gasteiger partial charge in [0.25, 0.3) is 0 Å². The van der Waals surface area contributed by atoms with Crippen molar-refractivity contribution in [3.8, 4) is 33.9 Å². The molecule has 40 heavy (non-hydrogen) atoms. The lowest BCUT2D eigenvalue weighted by Crippen LogP contribution is -2.38. The molecule has 0 radical (unpaired) electrons. The molecule has 0 aliphatic carbocycles. The lowest BCUT2D eigenvalue weighted by molar-refractivity contribution is -0.127. The Morgan fingerprint density at radius 3 is 2.62 bits per heavy atom. The molecule has 6 rings (SSSR count). The fraction of sp³-hybridized carbons (Fsp3) is 0.200. The van der Waals surface area contributed by atoms with Crippen molar-refractivity contribution in [3.63, 3.8) is 0 Å². The van der Waals surface area contributed by atoms with E-state index in [0.717, 1.165) is 46.4 Å². The quantitative estimate of drug-likeness (QED) is 0.263. The highest BCUT2D eigenvalue weighted by atomic mass is 35.5. The van der Waals surface area contributed by atoms with E-state index in [1.165, 1.54) is 12.4 Å². The number of amides is 1. The molecule has 1 amide bonds. The van der Waals surface area contributed by atoms with Gasteiger partial charge >= 0.3 is 0 Å². The van der Waals surface area contributed by atoms with Crippen LogP contribution in [0.2, 0.25) is 5.02 Å². The van der Waals surface area contributed by atoms with Gasteiger partial charge in [0.1, 0.15) is 29.3 Å². The number of ether oxygens (including phenoxy) is 1. The van der Waals surface area contributed by atoms with E-state index in [0.29, 0.717) is 35.3 Å². The smallest absolute Gasteiger partial charge is 0.245 e. The first-order valence-electron chi connectivity index (χ1n) is 13.0. The maximum absolute atomic E-state index is 12.0. The molecular formula is C30H28ClN7O2. The van der Waals surface area contributed by atoms with Gasteiger partial charge in [-0.05, 0) is 43.2 Å². The van der Waals surface area contributed by atoms with Crippen molar-refractivity contribution in [2.24, 2.45) is 7.05 Å². The molecule has 5 aromatic rings. The summed E-state index contributed by atoms with van der Waals surface area (Å²) in [6.07, 6.45) is 8.35. The van der Waals surface area contributed by atoms with Crippen molar-refractivity contribution >= 4 is 34.4 Å². The van der Waals surface area contributed by atoms with Crippen molar-refractivity contribution in [2.75, 3.05) is 18.8 Å². The number of anilines is 1. The van der Waals surface area contributed by atoms with Gasteiger partial charge in [-0.15, -0.1) is 0 Å². The molecule has 1 aliphatic rings. The number of piperidine rings is 1. The number of hydrogen-bond donors (Lipinski definition) is 1. The number of benzene rings is 2. The van der Waals surface area contributed by atoms with Crippen LogP contribution >= 0.6 is 11.6 Å². The van der Waals surface area contributed by atoms with Crippen molar-refractivity contribution < 1.29 is 9.53 Å². The van der Waals surface area contributed by atoms with Gasteiger partial charge in [0.05, 0.1) is 28.3 Å². The Morgan fingerprint density at radius 1 is 1.12 bits per heavy atom. The van der Waals surface area contributed by atoms with Gasteiger partial charge in [0.2, 0.25) is 5.91 Å². The van der Waals surface area contributed by atoms with Gasteiger partial charge in [-0.1, -0.05) is 36.4 Å². The maximum atomic E-state index is 12.0. The number of nitrogens with zero attached hydrogens (tertiary/aromatic N) is 6. The first-order valence-corrected chi connectivity index (χ1v) is 13.4. The van der Waals surface area contributed by atoms with Gasteiger partial charge in [-0.3, -0.25) is 9.48 Å². The normalized spacial score (nSPS) is 14.0. The van der Waals surface area contributed by atoms with Crippen LogP contribution in [0.15, 0.2) is 79.9 Å². The Balaban J connectivity index is 1.40. The van der Waals surface area contributed by atoms with Crippen molar-refractivity contribution in [1.29, 1.82) is 0 Å². The van der Waals surface area contributed by atoms with Crippen LogP contribution < -0.4 is 10.5 Å². The predicted molar refractivity (Wildman–Crippen MR) is 156 cm³/mol. The minimum Gasteiger partial charge on any atom is -0.457 e. The molecule has 2 aromatic carbocycles. The van der Waals surface area contributed by atoms with Crippen LogP contribution in [0.5, 0.6) is 11.5 Å². The number of nitrogens with two attached hydrogens (primary N) is 1. The zero-order valence-electron chi connectivity index (χ0n) is 22.0. The summed E-state index contributed by atoms with van der Waals surface area (Å²) in [5.41, 5.74) is 10.5. The summed E-state index contributed by atoms with van der Waals surface area (Å²) < 4.78 is 9.99. The molecule has 0 atom stereocenters. The van der Waals surface area contributed by atoms with Crippen LogP contribution in [0, 0.1) is 0 Å². The molecule has 2 N–H and O–H groups in total. The van der Waals surface area contributed by atoms with Crippen LogP contribution in [0.25, 0.3) is 33.4 Å². The fourth-order valence-corrected chi connectivity index (χ4v) is 5.67. The monoisotopic (exact) mass is 553 g/mol. The summed E-state index contributed by atoms with van der Waals surface area (Å²) in [7, 11) is 1.95. The molecule has 9 nitrogen and oxygen atoms in total. The van der Waals surface area contributed by atoms with Crippen LogP contribution in [-0.4, -0.2) is 48.2 Å². The molecule has 3 aromatic heterocycles. The third-order valence-corrected chi connectivity index (χ3v) is 7.70. The topological polar surface area (TPSA) is 104 Å².